The maximum Gasteiger partial charge on any atom is 0.269 e. The van der Waals surface area contributed by atoms with Crippen LogP contribution in [0.2, 0.25) is 0 Å². The van der Waals surface area contributed by atoms with E-state index in [1.165, 1.54) is 29.5 Å². The van der Waals surface area contributed by atoms with Crippen molar-refractivity contribution in [2.45, 2.75) is 11.4 Å². The molecule has 1 saturated heterocycles. The van der Waals surface area contributed by atoms with Crippen LogP contribution >= 0.6 is 11.8 Å². The van der Waals surface area contributed by atoms with E-state index in [9.17, 15) is 14.9 Å². The molecule has 1 amide bonds. The Morgan fingerprint density at radius 2 is 1.71 bits per heavy atom. The minimum atomic E-state index is -0.426. The van der Waals surface area contributed by atoms with E-state index in [1.54, 1.807) is 19.2 Å². The highest BCUT2D eigenvalue weighted by Gasteiger charge is 2.21. The van der Waals surface area contributed by atoms with Crippen molar-refractivity contribution < 1.29 is 14.5 Å². The molecule has 0 radical (unpaired) electrons. The van der Waals surface area contributed by atoms with Crippen molar-refractivity contribution in [2.75, 3.05) is 39.0 Å². The van der Waals surface area contributed by atoms with Crippen LogP contribution in [0.1, 0.15) is 5.56 Å². The van der Waals surface area contributed by atoms with Crippen LogP contribution in [0.4, 0.5) is 5.69 Å². The van der Waals surface area contributed by atoms with Gasteiger partial charge in [0, 0.05) is 49.8 Å². The lowest BCUT2D eigenvalue weighted by Gasteiger charge is -2.34. The number of piperazine rings is 1. The van der Waals surface area contributed by atoms with Gasteiger partial charge in [0.05, 0.1) is 17.8 Å². The van der Waals surface area contributed by atoms with E-state index in [4.69, 9.17) is 4.74 Å². The zero-order valence-corrected chi connectivity index (χ0v) is 16.6. The Kier molecular flexibility index (Phi) is 6.89. The molecular weight excluding hydrogens is 378 g/mol. The molecule has 1 aliphatic rings. The molecule has 0 N–H and O–H groups in total. The summed E-state index contributed by atoms with van der Waals surface area (Å²) in [7, 11) is 1.66. The maximum atomic E-state index is 12.4. The van der Waals surface area contributed by atoms with Crippen molar-refractivity contribution in [1.82, 2.24) is 9.80 Å². The average Bonchev–Trinajstić information content (AvgIpc) is 2.73. The molecular formula is C20H23N3O4S. The van der Waals surface area contributed by atoms with Crippen LogP contribution in [0.5, 0.6) is 5.75 Å². The van der Waals surface area contributed by atoms with Gasteiger partial charge in [0.1, 0.15) is 5.75 Å². The largest absolute Gasteiger partial charge is 0.497 e. The number of nitro benzene ring substituents is 1. The first kappa shape index (κ1) is 20.2. The van der Waals surface area contributed by atoms with Gasteiger partial charge in [-0.1, -0.05) is 12.1 Å². The molecule has 0 spiro atoms. The summed E-state index contributed by atoms with van der Waals surface area (Å²) in [5, 5.41) is 10.7. The SMILES string of the molecule is COc1ccc(CN2CCN(C(=O)CSc3ccc([N+](=O)[O-])cc3)CC2)cc1. The van der Waals surface area contributed by atoms with Gasteiger partial charge in [0.15, 0.2) is 0 Å². The molecule has 0 saturated carbocycles. The summed E-state index contributed by atoms with van der Waals surface area (Å²) in [4.78, 5) is 27.8. The number of nitro groups is 1. The molecule has 0 unspecified atom stereocenters. The standard InChI is InChI=1S/C20H23N3O4S/c1-27-18-6-2-16(3-7-18)14-21-10-12-22(13-11-21)20(24)15-28-19-8-4-17(5-9-19)23(25)26/h2-9H,10-15H2,1H3. The van der Waals surface area contributed by atoms with Gasteiger partial charge in [-0.25, -0.2) is 0 Å². The molecule has 1 heterocycles. The summed E-state index contributed by atoms with van der Waals surface area (Å²) in [6.07, 6.45) is 0. The molecule has 2 aromatic rings. The highest BCUT2D eigenvalue weighted by Crippen LogP contribution is 2.22. The monoisotopic (exact) mass is 401 g/mol. The quantitative estimate of drug-likeness (QED) is 0.403. The third-order valence-corrected chi connectivity index (χ3v) is 5.70. The van der Waals surface area contributed by atoms with Crippen molar-refractivity contribution in [3.63, 3.8) is 0 Å². The summed E-state index contributed by atoms with van der Waals surface area (Å²) in [5.74, 6) is 1.30. The number of ether oxygens (including phenoxy) is 1. The van der Waals surface area contributed by atoms with Gasteiger partial charge < -0.3 is 9.64 Å². The van der Waals surface area contributed by atoms with Crippen LogP contribution in [0.3, 0.4) is 0 Å². The highest BCUT2D eigenvalue weighted by atomic mass is 32.2. The highest BCUT2D eigenvalue weighted by molar-refractivity contribution is 8.00. The molecule has 1 aliphatic heterocycles. The fourth-order valence-electron chi connectivity index (χ4n) is 3.04. The Hall–Kier alpha value is -2.58. The normalized spacial score (nSPS) is 14.7. The molecule has 2 aromatic carbocycles. The van der Waals surface area contributed by atoms with Crippen molar-refractivity contribution in [2.24, 2.45) is 0 Å². The van der Waals surface area contributed by atoms with Gasteiger partial charge in [-0.05, 0) is 29.8 Å². The van der Waals surface area contributed by atoms with Gasteiger partial charge in [0.2, 0.25) is 5.91 Å². The van der Waals surface area contributed by atoms with Crippen LogP contribution in [0, 0.1) is 10.1 Å². The number of hydrogen-bond acceptors (Lipinski definition) is 6. The summed E-state index contributed by atoms with van der Waals surface area (Å²) < 4.78 is 5.18. The van der Waals surface area contributed by atoms with Crippen LogP contribution in [-0.2, 0) is 11.3 Å². The number of hydrogen-bond donors (Lipinski definition) is 0. The Morgan fingerprint density at radius 1 is 1.07 bits per heavy atom. The number of rotatable bonds is 7. The second-order valence-corrected chi connectivity index (χ2v) is 7.59. The van der Waals surface area contributed by atoms with Crippen LogP contribution in [-0.4, -0.2) is 59.7 Å². The smallest absolute Gasteiger partial charge is 0.269 e. The Morgan fingerprint density at radius 3 is 2.29 bits per heavy atom. The van der Waals surface area contributed by atoms with E-state index in [2.05, 4.69) is 17.0 Å². The topological polar surface area (TPSA) is 75.9 Å². The number of thioether (sulfide) groups is 1. The van der Waals surface area contributed by atoms with Gasteiger partial charge in [0.25, 0.3) is 5.69 Å². The first-order valence-electron chi connectivity index (χ1n) is 9.05. The van der Waals surface area contributed by atoms with Crippen LogP contribution in [0.25, 0.3) is 0 Å². The number of amides is 1. The molecule has 28 heavy (non-hydrogen) atoms. The van der Waals surface area contributed by atoms with E-state index in [-0.39, 0.29) is 11.6 Å². The molecule has 148 valence electrons. The van der Waals surface area contributed by atoms with Gasteiger partial charge in [-0.3, -0.25) is 19.8 Å². The number of carbonyl (C=O) groups is 1. The van der Waals surface area contributed by atoms with Gasteiger partial charge in [-0.2, -0.15) is 0 Å². The predicted molar refractivity (Wildman–Crippen MR) is 109 cm³/mol. The molecule has 0 aliphatic carbocycles. The molecule has 0 atom stereocenters. The second-order valence-electron chi connectivity index (χ2n) is 6.54. The number of benzene rings is 2. The van der Waals surface area contributed by atoms with E-state index in [0.29, 0.717) is 5.75 Å². The number of non-ortho nitro benzene ring substituents is 1. The number of nitrogens with zero attached hydrogens (tertiary/aromatic N) is 3. The van der Waals surface area contributed by atoms with Crippen molar-refractivity contribution in [3.05, 3.63) is 64.2 Å². The molecule has 7 nitrogen and oxygen atoms in total. The zero-order chi connectivity index (χ0) is 19.9. The summed E-state index contributed by atoms with van der Waals surface area (Å²) in [5.41, 5.74) is 1.29. The third kappa shape index (κ3) is 5.46. The zero-order valence-electron chi connectivity index (χ0n) is 15.7. The lowest BCUT2D eigenvalue weighted by Crippen LogP contribution is -2.48. The Bertz CT molecular complexity index is 803. The fourth-order valence-corrected chi connectivity index (χ4v) is 3.85. The third-order valence-electron chi connectivity index (χ3n) is 4.70. The fraction of sp³-hybridized carbons (Fsp3) is 0.350. The molecule has 1 fully saturated rings. The first-order valence-corrected chi connectivity index (χ1v) is 10.0. The summed E-state index contributed by atoms with van der Waals surface area (Å²) >= 11 is 1.41. The molecule has 3 rings (SSSR count). The van der Waals surface area contributed by atoms with Crippen molar-refractivity contribution >= 4 is 23.4 Å². The van der Waals surface area contributed by atoms with Gasteiger partial charge in [-0.15, -0.1) is 11.8 Å². The second kappa shape index (κ2) is 9.57. The van der Waals surface area contributed by atoms with Gasteiger partial charge >= 0.3 is 0 Å². The van der Waals surface area contributed by atoms with E-state index in [0.717, 1.165) is 43.4 Å². The first-order chi connectivity index (χ1) is 13.5. The predicted octanol–water partition coefficient (Wildman–Crippen LogP) is 3.04. The van der Waals surface area contributed by atoms with E-state index in [1.807, 2.05) is 17.0 Å². The van der Waals surface area contributed by atoms with Crippen molar-refractivity contribution in [1.29, 1.82) is 0 Å². The number of methoxy groups -OCH3 is 1. The van der Waals surface area contributed by atoms with Crippen LogP contribution < -0.4 is 4.74 Å². The minimum Gasteiger partial charge on any atom is -0.497 e. The Labute approximate surface area is 168 Å². The molecule has 8 heteroatoms. The molecule has 0 aromatic heterocycles. The van der Waals surface area contributed by atoms with Crippen molar-refractivity contribution in [3.8, 4) is 5.75 Å². The summed E-state index contributed by atoms with van der Waals surface area (Å²) in [6, 6.07) is 14.4. The summed E-state index contributed by atoms with van der Waals surface area (Å²) in [6.45, 7) is 4.00. The molecule has 0 bridgehead atoms. The minimum absolute atomic E-state index is 0.0589. The Balaban J connectivity index is 1.42. The van der Waals surface area contributed by atoms with E-state index < -0.39 is 4.92 Å². The lowest BCUT2D eigenvalue weighted by atomic mass is 10.2. The van der Waals surface area contributed by atoms with Crippen LogP contribution in [0.15, 0.2) is 53.4 Å². The maximum absolute atomic E-state index is 12.4. The lowest BCUT2D eigenvalue weighted by molar-refractivity contribution is -0.384. The average molecular weight is 401 g/mol. The van der Waals surface area contributed by atoms with E-state index >= 15 is 0 Å². The number of carbonyl (C=O) groups excluding carboxylic acids is 1.